The second-order valence-corrected chi connectivity index (χ2v) is 15.7. The zero-order valence-electron chi connectivity index (χ0n) is 32.3. The smallest absolute Gasteiger partial charge is 0.306 e. The Morgan fingerprint density at radius 3 is 2.40 bits per heavy atom. The van der Waals surface area contributed by atoms with Crippen molar-refractivity contribution in [1.82, 2.24) is 0 Å². The van der Waals surface area contributed by atoms with Gasteiger partial charge in [-0.15, -0.1) is 0 Å². The Kier molecular flexibility index (Phi) is 13.6. The van der Waals surface area contributed by atoms with Crippen molar-refractivity contribution in [3.8, 4) is 0 Å². The molecule has 2 saturated heterocycles. The highest BCUT2D eigenvalue weighted by Gasteiger charge is 2.52. The molecule has 0 amide bonds. The standard InChI is InChI=1S/C42H60NO10/c1-7-28-13-11-14-35(53-36(44)15-12-20-43-18-9-8-10-19-43)25(2)38(46)34-23-32-30(33(34)24-37(45)51-28)17-16-27-21-29(22-31(27)32)52-42-41(49-6)40(48-5)39(47-4)26(3)50-42/h8-10,16-19,23,25-33,35,39-42H,7,11-15,20-22,24H2,1-6H3/q+1/t25-,26+,27-,28+,29-,30-,31-,32-,33+,35+,39+,40-,41-,42+/m1/s1. The van der Waals surface area contributed by atoms with Gasteiger partial charge in [0.1, 0.15) is 37.1 Å². The van der Waals surface area contributed by atoms with Crippen molar-refractivity contribution in [3.05, 3.63) is 54.4 Å². The Morgan fingerprint density at radius 1 is 0.925 bits per heavy atom. The van der Waals surface area contributed by atoms with Gasteiger partial charge >= 0.3 is 11.9 Å². The van der Waals surface area contributed by atoms with E-state index in [9.17, 15) is 14.4 Å². The van der Waals surface area contributed by atoms with Gasteiger partial charge in [0.05, 0.1) is 31.0 Å². The van der Waals surface area contributed by atoms with E-state index >= 15 is 0 Å². The Balaban J connectivity index is 1.18. The summed E-state index contributed by atoms with van der Waals surface area (Å²) in [6, 6.07) is 5.89. The summed E-state index contributed by atoms with van der Waals surface area (Å²) in [6.07, 6.45) is 13.0. The highest BCUT2D eigenvalue weighted by atomic mass is 16.7. The van der Waals surface area contributed by atoms with Gasteiger partial charge in [-0.2, -0.15) is 0 Å². The van der Waals surface area contributed by atoms with Gasteiger partial charge in [0.2, 0.25) is 0 Å². The molecule has 0 aromatic carbocycles. The molecule has 6 rings (SSSR count). The number of ether oxygens (including phenoxy) is 7. The number of aromatic nitrogens is 1. The van der Waals surface area contributed by atoms with Crippen LogP contribution in [0.5, 0.6) is 0 Å². The summed E-state index contributed by atoms with van der Waals surface area (Å²) < 4.78 is 44.4. The normalized spacial score (nSPS) is 38.8. The van der Waals surface area contributed by atoms with E-state index in [1.54, 1.807) is 21.3 Å². The van der Waals surface area contributed by atoms with E-state index in [2.05, 4.69) is 18.2 Å². The first-order valence-electron chi connectivity index (χ1n) is 19.8. The van der Waals surface area contributed by atoms with Crippen molar-refractivity contribution in [2.75, 3.05) is 21.3 Å². The number of methoxy groups -OCH3 is 3. The minimum absolute atomic E-state index is 0.00814. The molecule has 1 aromatic rings. The van der Waals surface area contributed by atoms with Crippen LogP contribution in [0.25, 0.3) is 0 Å². The molecular formula is C42H60NO10+. The molecule has 0 spiro atoms. The lowest BCUT2D eigenvalue weighted by atomic mass is 9.70. The number of rotatable bonds is 11. The number of Topliss-reactive ketones (excluding diaryl/α,β-unsaturated/α-hetero) is 1. The molecule has 3 fully saturated rings. The minimum atomic E-state index is -0.617. The second-order valence-electron chi connectivity index (χ2n) is 15.7. The molecule has 3 heterocycles. The van der Waals surface area contributed by atoms with Gasteiger partial charge in [-0.1, -0.05) is 38.1 Å². The summed E-state index contributed by atoms with van der Waals surface area (Å²) in [5.41, 5.74) is 0.673. The van der Waals surface area contributed by atoms with Crippen molar-refractivity contribution in [2.24, 2.45) is 35.5 Å². The largest absolute Gasteiger partial charge is 0.462 e. The molecule has 0 N–H and O–H groups in total. The summed E-state index contributed by atoms with van der Waals surface area (Å²) in [6.45, 7) is 6.58. The van der Waals surface area contributed by atoms with Crippen molar-refractivity contribution >= 4 is 17.7 Å². The number of pyridine rings is 1. The van der Waals surface area contributed by atoms with E-state index in [4.69, 9.17) is 33.2 Å². The maximum atomic E-state index is 14.5. The lowest BCUT2D eigenvalue weighted by Gasteiger charge is -2.44. The molecule has 11 nitrogen and oxygen atoms in total. The average molecular weight is 739 g/mol. The molecule has 0 unspecified atom stereocenters. The Labute approximate surface area is 314 Å². The number of esters is 2. The van der Waals surface area contributed by atoms with Crippen LogP contribution in [0.3, 0.4) is 0 Å². The zero-order chi connectivity index (χ0) is 37.6. The molecule has 11 heteroatoms. The van der Waals surface area contributed by atoms with Crippen LogP contribution in [0.1, 0.15) is 78.6 Å². The highest BCUT2D eigenvalue weighted by molar-refractivity contribution is 5.99. The Hall–Kier alpha value is -2.96. The predicted octanol–water partition coefficient (Wildman–Crippen LogP) is 5.33. The van der Waals surface area contributed by atoms with Crippen molar-refractivity contribution in [3.63, 3.8) is 0 Å². The molecule has 0 bridgehead atoms. The van der Waals surface area contributed by atoms with Crippen molar-refractivity contribution < 1.29 is 52.1 Å². The van der Waals surface area contributed by atoms with Crippen LogP contribution in [-0.4, -0.2) is 88.1 Å². The molecule has 14 atom stereocenters. The van der Waals surface area contributed by atoms with E-state index in [0.29, 0.717) is 44.2 Å². The maximum Gasteiger partial charge on any atom is 0.306 e. The number of nitrogens with zero attached hydrogens (tertiary/aromatic N) is 1. The van der Waals surface area contributed by atoms with E-state index in [1.165, 1.54) is 0 Å². The molecule has 3 aliphatic carbocycles. The summed E-state index contributed by atoms with van der Waals surface area (Å²) in [7, 11) is 4.93. The number of carbonyl (C=O) groups is 3. The predicted molar refractivity (Wildman–Crippen MR) is 194 cm³/mol. The van der Waals surface area contributed by atoms with Crippen LogP contribution in [0.2, 0.25) is 0 Å². The molecule has 2 aliphatic heterocycles. The fraction of sp³-hybridized carbons (Fsp3) is 0.714. The van der Waals surface area contributed by atoms with Crippen LogP contribution >= 0.6 is 0 Å². The van der Waals surface area contributed by atoms with E-state index in [1.807, 2.05) is 55.9 Å². The lowest BCUT2D eigenvalue weighted by molar-refractivity contribution is -0.697. The summed E-state index contributed by atoms with van der Waals surface area (Å²) >= 11 is 0. The van der Waals surface area contributed by atoms with Gasteiger partial charge in [-0.25, -0.2) is 4.57 Å². The number of allylic oxidation sites excluding steroid dienone is 4. The average Bonchev–Trinajstić information content (AvgIpc) is 3.74. The van der Waals surface area contributed by atoms with E-state index < -0.39 is 24.4 Å². The number of ketones is 1. The SMILES string of the molecule is CC[C@H]1CCC[C@H](OC(=O)CCC[n+]2ccccc2)[C@@H](C)C(=O)C2=C[C@@H]3[C@@H](C=C[C@@H]4C[C@@H](O[C@@H]5O[C@@H](C)[C@H](OC)[C@@H](OC)[C@H]5OC)C[C@@H]34)[C@@H]2CC(=O)O1. The zero-order valence-corrected chi connectivity index (χ0v) is 32.3. The molecule has 0 radical (unpaired) electrons. The fourth-order valence-corrected chi connectivity index (χ4v) is 9.68. The molecule has 53 heavy (non-hydrogen) atoms. The number of cyclic esters (lactones) is 1. The maximum absolute atomic E-state index is 14.5. The van der Waals surface area contributed by atoms with Crippen molar-refractivity contribution in [1.29, 1.82) is 0 Å². The topological polar surface area (TPSA) is 120 Å². The van der Waals surface area contributed by atoms with Crippen molar-refractivity contribution in [2.45, 2.75) is 134 Å². The third-order valence-electron chi connectivity index (χ3n) is 12.5. The van der Waals surface area contributed by atoms with Gasteiger partial charge in [-0.05, 0) is 74.7 Å². The van der Waals surface area contributed by atoms with Gasteiger partial charge in [-0.3, -0.25) is 14.4 Å². The van der Waals surface area contributed by atoms with E-state index in [-0.39, 0.29) is 90.7 Å². The van der Waals surface area contributed by atoms with Gasteiger partial charge in [0.15, 0.2) is 24.5 Å². The molecule has 5 aliphatic rings. The van der Waals surface area contributed by atoms with Crippen LogP contribution in [0, 0.1) is 35.5 Å². The van der Waals surface area contributed by atoms with Crippen LogP contribution in [0.15, 0.2) is 54.4 Å². The Morgan fingerprint density at radius 2 is 1.68 bits per heavy atom. The summed E-state index contributed by atoms with van der Waals surface area (Å²) in [4.78, 5) is 41.1. The number of carbonyl (C=O) groups excluding carboxylic acids is 3. The molecular weight excluding hydrogens is 678 g/mol. The second kappa shape index (κ2) is 18.1. The molecule has 1 aromatic heterocycles. The van der Waals surface area contributed by atoms with Crippen LogP contribution < -0.4 is 4.57 Å². The van der Waals surface area contributed by atoms with Crippen LogP contribution in [0.4, 0.5) is 0 Å². The first-order valence-corrected chi connectivity index (χ1v) is 19.8. The third-order valence-corrected chi connectivity index (χ3v) is 12.5. The molecule has 292 valence electrons. The first kappa shape index (κ1) is 39.7. The number of hydrogen-bond acceptors (Lipinski definition) is 10. The van der Waals surface area contributed by atoms with Crippen LogP contribution in [-0.2, 0) is 54.1 Å². The quantitative estimate of drug-likeness (QED) is 0.168. The number of hydrogen-bond donors (Lipinski definition) is 0. The highest BCUT2D eigenvalue weighted by Crippen LogP contribution is 2.54. The first-order chi connectivity index (χ1) is 25.6. The summed E-state index contributed by atoms with van der Waals surface area (Å²) in [5.74, 6) is -0.859. The minimum Gasteiger partial charge on any atom is -0.462 e. The van der Waals surface area contributed by atoms with E-state index in [0.717, 1.165) is 12.8 Å². The fourth-order valence-electron chi connectivity index (χ4n) is 9.68. The number of fused-ring (bicyclic) bond motifs is 5. The monoisotopic (exact) mass is 738 g/mol. The third kappa shape index (κ3) is 8.96. The van der Waals surface area contributed by atoms with Gasteiger partial charge in [0, 0.05) is 45.8 Å². The summed E-state index contributed by atoms with van der Waals surface area (Å²) in [5, 5.41) is 0. The number of aryl methyl sites for hydroxylation is 1. The Bertz CT molecular complexity index is 1460. The van der Waals surface area contributed by atoms with Gasteiger partial charge < -0.3 is 33.2 Å². The van der Waals surface area contributed by atoms with Gasteiger partial charge in [0.25, 0.3) is 0 Å². The molecule has 1 saturated carbocycles. The lowest BCUT2D eigenvalue weighted by Crippen LogP contribution is -2.59.